The maximum Gasteiger partial charge on any atom is 0.407 e. The number of hydrogen-bond acceptors (Lipinski definition) is 2. The van der Waals surface area contributed by atoms with Crippen LogP contribution < -0.4 is 5.32 Å². The Labute approximate surface area is 197 Å². The van der Waals surface area contributed by atoms with E-state index < -0.39 is 0 Å². The summed E-state index contributed by atoms with van der Waals surface area (Å²) in [5.41, 5.74) is 2.52. The smallest absolute Gasteiger partial charge is 0.407 e. The van der Waals surface area contributed by atoms with Crippen molar-refractivity contribution in [2.45, 2.75) is 118 Å². The number of alkyl carbamates (subject to hydrolysis) is 1. The van der Waals surface area contributed by atoms with Crippen molar-refractivity contribution in [3.05, 3.63) is 11.6 Å². The number of unbranched alkanes of at least 4 members (excludes halogenated alkanes) is 1. The molecule has 0 heterocycles. The molecule has 0 bridgehead atoms. The summed E-state index contributed by atoms with van der Waals surface area (Å²) < 4.78 is 5.73. The number of amides is 1. The van der Waals surface area contributed by atoms with Gasteiger partial charge < -0.3 is 10.1 Å². The number of rotatable bonds is 7. The van der Waals surface area contributed by atoms with Gasteiger partial charge in [-0.15, -0.1) is 0 Å². The van der Waals surface area contributed by atoms with Gasteiger partial charge in [0, 0.05) is 13.0 Å². The van der Waals surface area contributed by atoms with E-state index in [1.807, 2.05) is 6.92 Å². The van der Waals surface area contributed by atoms with Gasteiger partial charge in [-0.1, -0.05) is 58.6 Å². The molecular weight excluding hydrogens is 394 g/mol. The molecule has 1 N–H and O–H groups in total. The Hall–Kier alpha value is -0.990. The van der Waals surface area contributed by atoms with E-state index in [1.165, 1.54) is 64.2 Å². The highest BCUT2D eigenvalue weighted by molar-refractivity contribution is 5.67. The minimum absolute atomic E-state index is 0.0629. The molecule has 0 aromatic heterocycles. The van der Waals surface area contributed by atoms with Gasteiger partial charge >= 0.3 is 6.09 Å². The fourth-order valence-electron chi connectivity index (χ4n) is 8.59. The van der Waals surface area contributed by atoms with Crippen LogP contribution in [0.1, 0.15) is 112 Å². The van der Waals surface area contributed by atoms with Crippen molar-refractivity contribution in [1.82, 2.24) is 5.32 Å². The quantitative estimate of drug-likeness (QED) is 0.321. The Kier molecular flexibility index (Phi) is 7.32. The second-order valence-corrected chi connectivity index (χ2v) is 12.6. The van der Waals surface area contributed by atoms with E-state index in [9.17, 15) is 4.79 Å². The molecule has 0 spiro atoms. The minimum atomic E-state index is -0.241. The summed E-state index contributed by atoms with van der Waals surface area (Å²) in [5.74, 6) is 4.45. The molecule has 7 atom stereocenters. The molecule has 4 aliphatic carbocycles. The van der Waals surface area contributed by atoms with Crippen molar-refractivity contribution in [2.75, 3.05) is 6.54 Å². The van der Waals surface area contributed by atoms with Gasteiger partial charge in [-0.2, -0.15) is 0 Å². The van der Waals surface area contributed by atoms with Crippen LogP contribution >= 0.6 is 0 Å². The minimum Gasteiger partial charge on any atom is -0.446 e. The van der Waals surface area contributed by atoms with Gasteiger partial charge in [-0.25, -0.2) is 4.79 Å². The normalized spacial score (nSPS) is 40.8. The lowest BCUT2D eigenvalue weighted by Crippen LogP contribution is -2.50. The van der Waals surface area contributed by atoms with E-state index >= 15 is 0 Å². The van der Waals surface area contributed by atoms with Gasteiger partial charge in [0.05, 0.1) is 0 Å². The largest absolute Gasteiger partial charge is 0.446 e. The first-order chi connectivity index (χ1) is 15.3. The molecule has 0 aliphatic heterocycles. The van der Waals surface area contributed by atoms with Gasteiger partial charge in [0.1, 0.15) is 6.10 Å². The Balaban J connectivity index is 1.41. The molecule has 0 radical (unpaired) electrons. The van der Waals surface area contributed by atoms with E-state index in [4.69, 9.17) is 4.74 Å². The monoisotopic (exact) mass is 443 g/mol. The van der Waals surface area contributed by atoms with Crippen LogP contribution in [0.4, 0.5) is 4.79 Å². The molecule has 0 aromatic carbocycles. The van der Waals surface area contributed by atoms with E-state index in [0.717, 1.165) is 42.4 Å². The summed E-state index contributed by atoms with van der Waals surface area (Å²) in [7, 11) is 0. The molecule has 0 aromatic rings. The summed E-state index contributed by atoms with van der Waals surface area (Å²) in [6.45, 7) is 12.5. The molecule has 182 valence electrons. The van der Waals surface area contributed by atoms with Crippen LogP contribution in [0.15, 0.2) is 11.6 Å². The van der Waals surface area contributed by atoms with Crippen molar-refractivity contribution in [3.8, 4) is 0 Å². The van der Waals surface area contributed by atoms with E-state index in [1.54, 1.807) is 5.57 Å². The first-order valence-corrected chi connectivity index (χ1v) is 13.9. The second-order valence-electron chi connectivity index (χ2n) is 12.6. The lowest BCUT2D eigenvalue weighted by atomic mass is 9.47. The zero-order chi connectivity index (χ0) is 22.9. The van der Waals surface area contributed by atoms with Crippen LogP contribution in [0, 0.1) is 40.4 Å². The topological polar surface area (TPSA) is 38.3 Å². The zero-order valence-electron chi connectivity index (χ0n) is 21.6. The third-order valence-electron chi connectivity index (χ3n) is 10.4. The molecule has 3 heteroatoms. The van der Waals surface area contributed by atoms with Crippen molar-refractivity contribution >= 4 is 6.09 Å². The van der Waals surface area contributed by atoms with E-state index in [-0.39, 0.29) is 12.2 Å². The van der Waals surface area contributed by atoms with Crippen LogP contribution in [0.5, 0.6) is 0 Å². The Morgan fingerprint density at radius 3 is 2.69 bits per heavy atom. The first-order valence-electron chi connectivity index (χ1n) is 13.9. The summed E-state index contributed by atoms with van der Waals surface area (Å²) in [5, 5.41) is 2.80. The first kappa shape index (κ1) is 24.1. The summed E-state index contributed by atoms with van der Waals surface area (Å²) >= 11 is 0. The highest BCUT2D eigenvalue weighted by atomic mass is 16.6. The van der Waals surface area contributed by atoms with Gasteiger partial charge in [0.2, 0.25) is 0 Å². The molecule has 4 rings (SSSR count). The highest BCUT2D eigenvalue weighted by Gasteiger charge is 2.58. The molecule has 0 saturated heterocycles. The summed E-state index contributed by atoms with van der Waals surface area (Å²) in [6, 6.07) is 0. The SMILES string of the molecule is CCNC(=O)O[C@H]1CC[C@@]2(C)C(=CC[C@H]3[C@@H]4CC[C@H](CCCCC(C)C)[C@@]4(C)CC[C@@H]32)C1. The predicted molar refractivity (Wildman–Crippen MR) is 132 cm³/mol. The van der Waals surface area contributed by atoms with Crippen LogP contribution in [0.25, 0.3) is 0 Å². The average molecular weight is 444 g/mol. The molecule has 3 nitrogen and oxygen atoms in total. The third-order valence-corrected chi connectivity index (χ3v) is 10.4. The molecule has 32 heavy (non-hydrogen) atoms. The number of carbonyl (C=O) groups excluding carboxylic acids is 1. The van der Waals surface area contributed by atoms with Crippen LogP contribution in [-0.4, -0.2) is 18.7 Å². The maximum atomic E-state index is 11.9. The summed E-state index contributed by atoms with van der Waals surface area (Å²) in [6.07, 6.45) is 18.4. The number of fused-ring (bicyclic) bond motifs is 5. The molecule has 0 unspecified atom stereocenters. The van der Waals surface area contributed by atoms with Gasteiger partial charge in [-0.05, 0) is 98.7 Å². The zero-order valence-corrected chi connectivity index (χ0v) is 21.6. The van der Waals surface area contributed by atoms with E-state index in [2.05, 4.69) is 39.1 Å². The van der Waals surface area contributed by atoms with Crippen LogP contribution in [0.2, 0.25) is 0 Å². The van der Waals surface area contributed by atoms with E-state index in [0.29, 0.717) is 17.4 Å². The molecular formula is C29H49NO2. The maximum absolute atomic E-state index is 11.9. The van der Waals surface area contributed by atoms with Gasteiger partial charge in [0.25, 0.3) is 0 Å². The predicted octanol–water partition coefficient (Wildman–Crippen LogP) is 7.90. The summed E-state index contributed by atoms with van der Waals surface area (Å²) in [4.78, 5) is 11.9. The number of ether oxygens (including phenoxy) is 1. The number of nitrogens with one attached hydrogen (secondary N) is 1. The number of hydrogen-bond donors (Lipinski definition) is 1. The molecule has 3 saturated carbocycles. The molecule has 4 aliphatic rings. The fourth-order valence-corrected chi connectivity index (χ4v) is 8.59. The fraction of sp³-hybridized carbons (Fsp3) is 0.897. The Bertz CT molecular complexity index is 699. The second kappa shape index (κ2) is 9.71. The molecule has 3 fully saturated rings. The van der Waals surface area contributed by atoms with Gasteiger partial charge in [-0.3, -0.25) is 0 Å². The van der Waals surface area contributed by atoms with Crippen molar-refractivity contribution < 1.29 is 9.53 Å². The van der Waals surface area contributed by atoms with Crippen LogP contribution in [-0.2, 0) is 4.74 Å². The Morgan fingerprint density at radius 2 is 1.94 bits per heavy atom. The molecule has 1 amide bonds. The number of carbonyl (C=O) groups is 1. The highest BCUT2D eigenvalue weighted by Crippen LogP contribution is 2.66. The third kappa shape index (κ3) is 4.51. The standard InChI is InChI=1S/C29H49NO2/c1-6-30-27(31)32-23-15-17-29(5)22(19-23)11-13-24-25-14-12-21(10-8-7-9-20(2)3)28(25,4)18-16-26(24)29/h11,20-21,23-26H,6-10,12-19H2,1-5H3,(H,30,31)/t21-,23-,24-,25-,26-,28+,29-/m0/s1. The average Bonchev–Trinajstić information content (AvgIpc) is 3.08. The van der Waals surface area contributed by atoms with Crippen LogP contribution in [0.3, 0.4) is 0 Å². The lowest BCUT2D eigenvalue weighted by molar-refractivity contribution is -0.0519. The lowest BCUT2D eigenvalue weighted by Gasteiger charge is -2.58. The number of allylic oxidation sites excluding steroid dienone is 1. The van der Waals surface area contributed by atoms with Crippen molar-refractivity contribution in [3.63, 3.8) is 0 Å². The Morgan fingerprint density at radius 1 is 1.12 bits per heavy atom. The van der Waals surface area contributed by atoms with Gasteiger partial charge in [0.15, 0.2) is 0 Å². The van der Waals surface area contributed by atoms with Crippen molar-refractivity contribution in [2.24, 2.45) is 40.4 Å². The van der Waals surface area contributed by atoms with Crippen molar-refractivity contribution in [1.29, 1.82) is 0 Å².